The summed E-state index contributed by atoms with van der Waals surface area (Å²) >= 11 is 1.28. The van der Waals surface area contributed by atoms with Gasteiger partial charge in [-0.25, -0.2) is 9.97 Å². The Morgan fingerprint density at radius 3 is 2.74 bits per heavy atom. The molecule has 156 valence electrons. The van der Waals surface area contributed by atoms with E-state index in [-0.39, 0.29) is 17.6 Å². The number of nitrogens with one attached hydrogen (secondary N) is 1. The molecule has 0 spiro atoms. The molecule has 2 heterocycles. The van der Waals surface area contributed by atoms with E-state index >= 15 is 0 Å². The summed E-state index contributed by atoms with van der Waals surface area (Å²) < 4.78 is 1.11. The second kappa shape index (κ2) is 8.07. The third-order valence-electron chi connectivity index (χ3n) is 4.89. The molecule has 1 N–H and O–H groups in total. The Morgan fingerprint density at radius 1 is 1.19 bits per heavy atom. The van der Waals surface area contributed by atoms with Gasteiger partial charge in [0.25, 0.3) is 11.2 Å². The molecule has 0 aliphatic rings. The Morgan fingerprint density at radius 2 is 2.00 bits per heavy atom. The summed E-state index contributed by atoms with van der Waals surface area (Å²) in [4.78, 5) is 44.0. The predicted molar refractivity (Wildman–Crippen MR) is 118 cm³/mol. The lowest BCUT2D eigenvalue weighted by Gasteiger charge is -2.06. The number of benzene rings is 2. The van der Waals surface area contributed by atoms with Crippen molar-refractivity contribution in [3.05, 3.63) is 79.7 Å². The average Bonchev–Trinajstić information content (AvgIpc) is 3.20. The first-order valence-electron chi connectivity index (χ1n) is 9.28. The van der Waals surface area contributed by atoms with Gasteiger partial charge in [-0.2, -0.15) is 0 Å². The number of anilines is 1. The van der Waals surface area contributed by atoms with E-state index in [1.165, 1.54) is 35.4 Å². The maximum Gasteiger partial charge on any atom is 0.270 e. The van der Waals surface area contributed by atoms with Crippen molar-refractivity contribution in [3.8, 4) is 11.3 Å². The monoisotopic (exact) mass is 435 g/mol. The summed E-state index contributed by atoms with van der Waals surface area (Å²) in [6.07, 6.45) is 1.25. The maximum absolute atomic E-state index is 12.6. The molecule has 2 aromatic carbocycles. The van der Waals surface area contributed by atoms with Crippen LogP contribution >= 0.6 is 11.3 Å². The molecule has 0 fully saturated rings. The van der Waals surface area contributed by atoms with E-state index < -0.39 is 16.4 Å². The largest absolute Gasteiger partial charge is 0.300 e. The highest BCUT2D eigenvalue weighted by molar-refractivity contribution is 7.14. The van der Waals surface area contributed by atoms with Crippen molar-refractivity contribution >= 4 is 39.0 Å². The molecule has 0 radical (unpaired) electrons. The quantitative estimate of drug-likeness (QED) is 0.377. The smallest absolute Gasteiger partial charge is 0.270 e. The summed E-state index contributed by atoms with van der Waals surface area (Å²) in [6.45, 7) is 3.77. The molecular formula is C21H17N5O4S. The van der Waals surface area contributed by atoms with Crippen LogP contribution in [0.25, 0.3) is 22.2 Å². The topological polar surface area (TPSA) is 120 Å². The molecule has 4 aromatic rings. The second-order valence-electron chi connectivity index (χ2n) is 7.02. The first-order valence-corrected chi connectivity index (χ1v) is 10.2. The van der Waals surface area contributed by atoms with Crippen LogP contribution in [0.4, 0.5) is 10.8 Å². The fourth-order valence-electron chi connectivity index (χ4n) is 3.05. The molecule has 1 amide bonds. The number of hydrogen-bond acceptors (Lipinski definition) is 7. The van der Waals surface area contributed by atoms with Crippen molar-refractivity contribution in [1.82, 2.24) is 14.5 Å². The van der Waals surface area contributed by atoms with Crippen molar-refractivity contribution in [2.24, 2.45) is 0 Å². The number of nitro benzene ring substituents is 1. The number of thiazole rings is 1. The number of carbonyl (C=O) groups is 1. The lowest BCUT2D eigenvalue weighted by molar-refractivity contribution is -0.384. The van der Waals surface area contributed by atoms with Crippen LogP contribution in [-0.4, -0.2) is 25.4 Å². The number of rotatable bonds is 5. The van der Waals surface area contributed by atoms with Gasteiger partial charge in [-0.1, -0.05) is 12.1 Å². The Labute approximate surface area is 180 Å². The molecule has 10 heteroatoms. The Kier molecular flexibility index (Phi) is 5.30. The summed E-state index contributed by atoms with van der Waals surface area (Å²) in [5.41, 5.74) is 3.63. The number of aryl methyl sites for hydroxylation is 2. The zero-order chi connectivity index (χ0) is 22.1. The first kappa shape index (κ1) is 20.4. The van der Waals surface area contributed by atoms with Crippen molar-refractivity contribution in [1.29, 1.82) is 0 Å². The van der Waals surface area contributed by atoms with E-state index in [0.29, 0.717) is 10.6 Å². The number of amides is 1. The summed E-state index contributed by atoms with van der Waals surface area (Å²) in [5.74, 6) is -0.449. The third kappa shape index (κ3) is 4.19. The Hall–Kier alpha value is -3.92. The van der Waals surface area contributed by atoms with Gasteiger partial charge in [-0.05, 0) is 37.1 Å². The van der Waals surface area contributed by atoms with Crippen molar-refractivity contribution in [3.63, 3.8) is 0 Å². The van der Waals surface area contributed by atoms with Gasteiger partial charge < -0.3 is 5.32 Å². The van der Waals surface area contributed by atoms with Crippen LogP contribution < -0.4 is 10.9 Å². The van der Waals surface area contributed by atoms with Gasteiger partial charge in [0, 0.05) is 23.1 Å². The van der Waals surface area contributed by atoms with Crippen molar-refractivity contribution in [2.75, 3.05) is 5.32 Å². The third-order valence-corrected chi connectivity index (χ3v) is 5.64. The molecule has 2 aromatic heterocycles. The van der Waals surface area contributed by atoms with Crippen LogP contribution in [0.1, 0.15) is 11.1 Å². The zero-order valence-electron chi connectivity index (χ0n) is 16.7. The fourth-order valence-corrected chi connectivity index (χ4v) is 3.79. The fraction of sp³-hybridized carbons (Fsp3) is 0.143. The van der Waals surface area contributed by atoms with Crippen LogP contribution in [0.15, 0.2) is 52.9 Å². The molecule has 0 saturated carbocycles. The van der Waals surface area contributed by atoms with E-state index in [4.69, 9.17) is 0 Å². The van der Waals surface area contributed by atoms with Gasteiger partial charge in [0.1, 0.15) is 6.54 Å². The minimum absolute atomic E-state index is 0.0794. The lowest BCUT2D eigenvalue weighted by atomic mass is 10.1. The second-order valence-corrected chi connectivity index (χ2v) is 7.88. The highest BCUT2D eigenvalue weighted by Gasteiger charge is 2.14. The number of fused-ring (bicyclic) bond motifs is 1. The molecule has 0 aliphatic heterocycles. The maximum atomic E-state index is 12.6. The molecule has 9 nitrogen and oxygen atoms in total. The molecular weight excluding hydrogens is 418 g/mol. The minimum atomic E-state index is -0.585. The van der Waals surface area contributed by atoms with Crippen LogP contribution in [0.5, 0.6) is 0 Å². The van der Waals surface area contributed by atoms with Gasteiger partial charge in [0.2, 0.25) is 5.91 Å². The zero-order valence-corrected chi connectivity index (χ0v) is 17.5. The summed E-state index contributed by atoms with van der Waals surface area (Å²) in [7, 11) is 0. The number of nitrogens with zero attached hydrogens (tertiary/aromatic N) is 4. The Bertz CT molecular complexity index is 1390. The standard InChI is InChI=1S/C21H17N5O4S/c1-12-3-4-14(7-13(12)2)18-10-31-21(23-18)24-19(27)9-25-11-22-17-6-5-15(26(29)30)8-16(17)20(25)28/h3-8,10-11H,9H2,1-2H3,(H,23,24,27). The molecule has 0 atom stereocenters. The SMILES string of the molecule is Cc1ccc(-c2csc(NC(=O)Cn3cnc4ccc([N+](=O)[O-])cc4c3=O)n2)cc1C. The molecule has 0 bridgehead atoms. The van der Waals surface area contributed by atoms with Crippen molar-refractivity contribution < 1.29 is 9.72 Å². The summed E-state index contributed by atoms with van der Waals surface area (Å²) in [5, 5.41) is 16.0. The van der Waals surface area contributed by atoms with Crippen LogP contribution in [0.3, 0.4) is 0 Å². The van der Waals surface area contributed by atoms with Gasteiger partial charge in [-0.15, -0.1) is 11.3 Å². The van der Waals surface area contributed by atoms with Crippen LogP contribution in [0.2, 0.25) is 0 Å². The lowest BCUT2D eigenvalue weighted by Crippen LogP contribution is -2.27. The first-order chi connectivity index (χ1) is 14.8. The highest BCUT2D eigenvalue weighted by atomic mass is 32.1. The number of non-ortho nitro benzene ring substituents is 1. The van der Waals surface area contributed by atoms with E-state index in [1.54, 1.807) is 0 Å². The molecule has 0 aliphatic carbocycles. The number of hydrogen-bond donors (Lipinski definition) is 1. The molecule has 0 unspecified atom stereocenters. The van der Waals surface area contributed by atoms with E-state index in [2.05, 4.69) is 15.3 Å². The van der Waals surface area contributed by atoms with E-state index in [9.17, 15) is 19.7 Å². The van der Waals surface area contributed by atoms with Gasteiger partial charge in [-0.3, -0.25) is 24.3 Å². The van der Waals surface area contributed by atoms with Gasteiger partial charge >= 0.3 is 0 Å². The van der Waals surface area contributed by atoms with Crippen molar-refractivity contribution in [2.45, 2.75) is 20.4 Å². The molecule has 31 heavy (non-hydrogen) atoms. The Balaban J connectivity index is 1.52. The van der Waals surface area contributed by atoms with E-state index in [1.807, 2.05) is 37.4 Å². The minimum Gasteiger partial charge on any atom is -0.300 e. The van der Waals surface area contributed by atoms with Gasteiger partial charge in [0.15, 0.2) is 5.13 Å². The number of aromatic nitrogens is 3. The molecule has 0 saturated heterocycles. The normalized spacial score (nSPS) is 10.9. The predicted octanol–water partition coefficient (Wildman–Crippen LogP) is 3.68. The number of nitro groups is 1. The molecule has 4 rings (SSSR count). The van der Waals surface area contributed by atoms with Gasteiger partial charge in [0.05, 0.1) is 27.8 Å². The van der Waals surface area contributed by atoms with Crippen LogP contribution in [-0.2, 0) is 11.3 Å². The van der Waals surface area contributed by atoms with E-state index in [0.717, 1.165) is 27.5 Å². The number of carbonyl (C=O) groups excluding carboxylic acids is 1. The van der Waals surface area contributed by atoms with Crippen LogP contribution in [0, 0.1) is 24.0 Å². The average molecular weight is 435 g/mol. The highest BCUT2D eigenvalue weighted by Crippen LogP contribution is 2.26. The summed E-state index contributed by atoms with van der Waals surface area (Å²) in [6, 6.07) is 9.88.